The third-order valence-corrected chi connectivity index (χ3v) is 3.45. The number of aliphatic carboxylic acids is 1. The first-order valence-electron chi connectivity index (χ1n) is 6.78. The van der Waals surface area contributed by atoms with Gasteiger partial charge in [-0.25, -0.2) is 18.4 Å². The number of ether oxygens (including phenoxy) is 1. The number of benzene rings is 1. The highest BCUT2D eigenvalue weighted by molar-refractivity contribution is 5.87. The average Bonchev–Trinajstić information content (AvgIpc) is 2.67. The summed E-state index contributed by atoms with van der Waals surface area (Å²) in [6.45, 7) is 4.88. The first kappa shape index (κ1) is 16.2. The van der Waals surface area contributed by atoms with Crippen molar-refractivity contribution in [3.05, 3.63) is 34.9 Å². The fourth-order valence-corrected chi connectivity index (χ4v) is 2.57. The van der Waals surface area contributed by atoms with Gasteiger partial charge in [-0.05, 0) is 50.8 Å². The van der Waals surface area contributed by atoms with Crippen LogP contribution in [-0.4, -0.2) is 22.8 Å². The van der Waals surface area contributed by atoms with Crippen LogP contribution in [0.2, 0.25) is 0 Å². The van der Waals surface area contributed by atoms with Crippen LogP contribution in [0.1, 0.15) is 38.3 Å². The lowest BCUT2D eigenvalue weighted by molar-refractivity contribution is -0.145. The maximum atomic E-state index is 13.8. The Kier molecular flexibility index (Phi) is 3.85. The molecular weight excluding hydrogens is 296 g/mol. The number of rotatable bonds is 2. The van der Waals surface area contributed by atoms with Gasteiger partial charge in [0.25, 0.3) is 0 Å². The summed E-state index contributed by atoms with van der Waals surface area (Å²) in [5, 5.41) is 11.8. The Bertz CT molecular complexity index is 639. The van der Waals surface area contributed by atoms with Gasteiger partial charge in [0, 0.05) is 6.07 Å². The van der Waals surface area contributed by atoms with Crippen molar-refractivity contribution in [3.8, 4) is 0 Å². The van der Waals surface area contributed by atoms with Gasteiger partial charge in [0.15, 0.2) is 5.54 Å². The number of carbonyl (C=O) groups excluding carboxylic acids is 1. The molecule has 0 fully saturated rings. The third-order valence-electron chi connectivity index (χ3n) is 3.45. The largest absolute Gasteiger partial charge is 0.479 e. The number of hydrogen-bond acceptors (Lipinski definition) is 3. The summed E-state index contributed by atoms with van der Waals surface area (Å²) in [5.41, 5.74) is -2.69. The Labute approximate surface area is 126 Å². The van der Waals surface area contributed by atoms with E-state index in [1.165, 1.54) is 0 Å². The van der Waals surface area contributed by atoms with Crippen LogP contribution in [0.3, 0.4) is 0 Å². The van der Waals surface area contributed by atoms with Crippen LogP contribution in [0.5, 0.6) is 0 Å². The Hall–Kier alpha value is -2.18. The number of nitrogens with one attached hydrogen (secondary N) is 1. The van der Waals surface area contributed by atoms with Crippen molar-refractivity contribution in [1.29, 1.82) is 0 Å². The summed E-state index contributed by atoms with van der Waals surface area (Å²) in [7, 11) is 0. The lowest BCUT2D eigenvalue weighted by atomic mass is 9.92. The SMILES string of the molecule is CC(C)(C)OC(=O)NC1(C(=O)O)CCc2c(F)cc(F)cc21. The molecule has 5 nitrogen and oxygen atoms in total. The molecule has 1 aliphatic rings. The molecular formula is C15H17F2NO4. The van der Waals surface area contributed by atoms with E-state index >= 15 is 0 Å². The summed E-state index contributed by atoms with van der Waals surface area (Å²) in [5.74, 6) is -3.10. The molecule has 120 valence electrons. The van der Waals surface area contributed by atoms with Crippen LogP contribution in [0.4, 0.5) is 13.6 Å². The number of halogens is 2. The second-order valence-electron chi connectivity index (χ2n) is 6.25. The molecule has 0 heterocycles. The van der Waals surface area contributed by atoms with Crippen molar-refractivity contribution in [2.45, 2.75) is 44.8 Å². The van der Waals surface area contributed by atoms with E-state index in [-0.39, 0.29) is 24.0 Å². The van der Waals surface area contributed by atoms with E-state index in [2.05, 4.69) is 5.32 Å². The van der Waals surface area contributed by atoms with E-state index in [1.54, 1.807) is 20.8 Å². The first-order chi connectivity index (χ1) is 10.0. The maximum Gasteiger partial charge on any atom is 0.408 e. The zero-order valence-electron chi connectivity index (χ0n) is 12.5. The van der Waals surface area contributed by atoms with Crippen molar-refractivity contribution in [3.63, 3.8) is 0 Å². The van der Waals surface area contributed by atoms with Crippen LogP contribution in [-0.2, 0) is 21.5 Å². The average molecular weight is 313 g/mol. The minimum atomic E-state index is -1.89. The second-order valence-corrected chi connectivity index (χ2v) is 6.25. The number of carboxylic acids is 1. The fourth-order valence-electron chi connectivity index (χ4n) is 2.57. The Morgan fingerprint density at radius 3 is 2.50 bits per heavy atom. The van der Waals surface area contributed by atoms with Gasteiger partial charge in [-0.15, -0.1) is 0 Å². The van der Waals surface area contributed by atoms with Crippen LogP contribution in [0, 0.1) is 11.6 Å². The number of alkyl carbamates (subject to hydrolysis) is 1. The number of carboxylic acid groups (broad SMARTS) is 1. The zero-order valence-corrected chi connectivity index (χ0v) is 12.5. The molecule has 7 heteroatoms. The molecule has 0 saturated carbocycles. The Morgan fingerprint density at radius 1 is 1.32 bits per heavy atom. The van der Waals surface area contributed by atoms with Crippen LogP contribution in [0.15, 0.2) is 12.1 Å². The smallest absolute Gasteiger partial charge is 0.408 e. The van der Waals surface area contributed by atoms with Crippen LogP contribution >= 0.6 is 0 Å². The van der Waals surface area contributed by atoms with Crippen molar-refractivity contribution >= 4 is 12.1 Å². The quantitative estimate of drug-likeness (QED) is 0.880. The highest BCUT2D eigenvalue weighted by Crippen LogP contribution is 2.39. The number of amides is 1. The summed E-state index contributed by atoms with van der Waals surface area (Å²) in [6, 6.07) is 1.64. The molecule has 1 aliphatic carbocycles. The third kappa shape index (κ3) is 2.88. The van der Waals surface area contributed by atoms with E-state index < -0.39 is 34.8 Å². The molecule has 0 radical (unpaired) electrons. The van der Waals surface area contributed by atoms with Gasteiger partial charge in [-0.2, -0.15) is 0 Å². The van der Waals surface area contributed by atoms with E-state index in [1.807, 2.05) is 0 Å². The molecule has 1 amide bonds. The van der Waals surface area contributed by atoms with E-state index in [9.17, 15) is 23.5 Å². The minimum Gasteiger partial charge on any atom is -0.479 e. The molecule has 0 saturated heterocycles. The van der Waals surface area contributed by atoms with Gasteiger partial charge in [0.2, 0.25) is 0 Å². The van der Waals surface area contributed by atoms with Gasteiger partial charge in [-0.3, -0.25) is 0 Å². The van der Waals surface area contributed by atoms with Crippen molar-refractivity contribution in [2.75, 3.05) is 0 Å². The molecule has 2 rings (SSSR count). The van der Waals surface area contributed by atoms with Gasteiger partial charge in [0.1, 0.15) is 17.2 Å². The van der Waals surface area contributed by atoms with Crippen LogP contribution < -0.4 is 5.32 Å². The second kappa shape index (κ2) is 5.23. The molecule has 0 bridgehead atoms. The van der Waals surface area contributed by atoms with Crippen LogP contribution in [0.25, 0.3) is 0 Å². The molecule has 0 aromatic heterocycles. The number of fused-ring (bicyclic) bond motifs is 1. The molecule has 2 N–H and O–H groups in total. The predicted molar refractivity (Wildman–Crippen MR) is 73.4 cm³/mol. The predicted octanol–water partition coefficient (Wildman–Crippen LogP) is 2.72. The Balaban J connectivity index is 2.42. The number of hydrogen-bond donors (Lipinski definition) is 2. The monoisotopic (exact) mass is 313 g/mol. The van der Waals surface area contributed by atoms with Gasteiger partial charge in [-0.1, -0.05) is 0 Å². The molecule has 1 atom stereocenters. The summed E-state index contributed by atoms with van der Waals surface area (Å²) in [4.78, 5) is 23.6. The highest BCUT2D eigenvalue weighted by atomic mass is 19.1. The van der Waals surface area contributed by atoms with Crippen molar-refractivity contribution in [1.82, 2.24) is 5.32 Å². The molecule has 22 heavy (non-hydrogen) atoms. The summed E-state index contributed by atoms with van der Waals surface area (Å²) < 4.78 is 32.3. The fraction of sp³-hybridized carbons (Fsp3) is 0.467. The van der Waals surface area contributed by atoms with E-state index in [4.69, 9.17) is 4.74 Å². The number of carbonyl (C=O) groups is 2. The van der Waals surface area contributed by atoms with Crippen molar-refractivity contribution < 1.29 is 28.2 Å². The van der Waals surface area contributed by atoms with Gasteiger partial charge >= 0.3 is 12.1 Å². The van der Waals surface area contributed by atoms with Gasteiger partial charge < -0.3 is 15.2 Å². The first-order valence-corrected chi connectivity index (χ1v) is 6.78. The lowest BCUT2D eigenvalue weighted by Crippen LogP contribution is -2.51. The molecule has 0 spiro atoms. The standard InChI is InChI=1S/C15H17F2NO4/c1-14(2,3)22-13(21)18-15(12(19)20)5-4-9-10(15)6-8(16)7-11(9)17/h6-7H,4-5H2,1-3H3,(H,18,21)(H,19,20). The lowest BCUT2D eigenvalue weighted by Gasteiger charge is -2.29. The van der Waals surface area contributed by atoms with Gasteiger partial charge in [0.05, 0.1) is 0 Å². The molecule has 0 aliphatic heterocycles. The van der Waals surface area contributed by atoms with Crippen molar-refractivity contribution in [2.24, 2.45) is 0 Å². The summed E-state index contributed by atoms with van der Waals surface area (Å²) >= 11 is 0. The van der Waals surface area contributed by atoms with E-state index in [0.29, 0.717) is 6.07 Å². The minimum absolute atomic E-state index is 0.0721. The van der Waals surface area contributed by atoms with E-state index in [0.717, 1.165) is 6.07 Å². The summed E-state index contributed by atoms with van der Waals surface area (Å²) in [6.07, 6.45) is -0.937. The maximum absolute atomic E-state index is 13.8. The highest BCUT2D eigenvalue weighted by Gasteiger charge is 2.49. The molecule has 1 aromatic carbocycles. The molecule has 1 aromatic rings. The Morgan fingerprint density at radius 2 is 1.95 bits per heavy atom. The topological polar surface area (TPSA) is 75.6 Å². The normalized spacial score (nSPS) is 20.4. The zero-order chi connectivity index (χ0) is 16.7. The molecule has 1 unspecified atom stereocenters.